The van der Waals surface area contributed by atoms with E-state index in [0.717, 1.165) is 12.8 Å². The van der Waals surface area contributed by atoms with Gasteiger partial charge in [0.25, 0.3) is 7.72 Å². The SMILES string of the molecule is COC(=O)C[P+]1(O)CCCCO1. The van der Waals surface area contributed by atoms with Crippen molar-refractivity contribution in [3.63, 3.8) is 0 Å². The quantitative estimate of drug-likeness (QED) is 0.520. The van der Waals surface area contributed by atoms with Crippen LogP contribution in [0.5, 0.6) is 0 Å². The first kappa shape index (κ1) is 9.90. The molecule has 12 heavy (non-hydrogen) atoms. The van der Waals surface area contributed by atoms with Crippen molar-refractivity contribution in [2.75, 3.05) is 26.0 Å². The Morgan fingerprint density at radius 3 is 2.92 bits per heavy atom. The van der Waals surface area contributed by atoms with Gasteiger partial charge in [-0.2, -0.15) is 0 Å². The molecular formula is C7H14O4P+. The molecule has 0 spiro atoms. The minimum absolute atomic E-state index is 0.0451. The smallest absolute Gasteiger partial charge is 0.349 e. The number of carbonyl (C=O) groups excluding carboxylic acids is 1. The van der Waals surface area contributed by atoms with Gasteiger partial charge in [-0.15, -0.1) is 0 Å². The van der Waals surface area contributed by atoms with E-state index in [2.05, 4.69) is 4.74 Å². The minimum Gasteiger partial charge on any atom is -0.466 e. The van der Waals surface area contributed by atoms with Crippen molar-refractivity contribution in [2.45, 2.75) is 12.8 Å². The summed E-state index contributed by atoms with van der Waals surface area (Å²) in [6.07, 6.45) is 2.59. The van der Waals surface area contributed by atoms with Crippen LogP contribution in [0.25, 0.3) is 0 Å². The second-order valence-electron chi connectivity index (χ2n) is 2.84. The summed E-state index contributed by atoms with van der Waals surface area (Å²) in [6, 6.07) is 0. The van der Waals surface area contributed by atoms with Gasteiger partial charge in [-0.1, -0.05) is 0 Å². The molecule has 0 radical (unpaired) electrons. The fourth-order valence-corrected chi connectivity index (χ4v) is 3.25. The van der Waals surface area contributed by atoms with Gasteiger partial charge in [-0.05, 0) is 12.8 Å². The van der Waals surface area contributed by atoms with Crippen LogP contribution in [0, 0.1) is 0 Å². The lowest BCUT2D eigenvalue weighted by Gasteiger charge is -2.21. The van der Waals surface area contributed by atoms with E-state index < -0.39 is 7.72 Å². The van der Waals surface area contributed by atoms with Gasteiger partial charge in [-0.3, -0.25) is 0 Å². The van der Waals surface area contributed by atoms with Crippen LogP contribution in [-0.4, -0.2) is 36.9 Å². The normalized spacial score (nSPS) is 29.8. The number of carbonyl (C=O) groups is 1. The Balaban J connectivity index is 2.41. The van der Waals surface area contributed by atoms with Crippen molar-refractivity contribution < 1.29 is 18.9 Å². The maximum Gasteiger partial charge on any atom is 0.349 e. The molecule has 0 aromatic carbocycles. The molecule has 1 N–H and O–H groups in total. The molecule has 1 atom stereocenters. The van der Waals surface area contributed by atoms with Crippen molar-refractivity contribution in [1.82, 2.24) is 0 Å². The van der Waals surface area contributed by atoms with Crippen molar-refractivity contribution >= 4 is 13.7 Å². The van der Waals surface area contributed by atoms with E-state index in [1.54, 1.807) is 0 Å². The molecule has 0 aliphatic carbocycles. The summed E-state index contributed by atoms with van der Waals surface area (Å²) < 4.78 is 9.67. The van der Waals surface area contributed by atoms with Crippen LogP contribution in [0.2, 0.25) is 0 Å². The van der Waals surface area contributed by atoms with Gasteiger partial charge >= 0.3 is 5.97 Å². The lowest BCUT2D eigenvalue weighted by Crippen LogP contribution is -2.19. The van der Waals surface area contributed by atoms with Crippen LogP contribution in [0.4, 0.5) is 0 Å². The number of hydrogen-bond donors (Lipinski definition) is 1. The molecule has 0 amide bonds. The summed E-state index contributed by atoms with van der Waals surface area (Å²) >= 11 is 0. The molecule has 0 aromatic heterocycles. The van der Waals surface area contributed by atoms with E-state index in [9.17, 15) is 9.69 Å². The minimum atomic E-state index is -2.41. The first-order valence-electron chi connectivity index (χ1n) is 3.97. The third kappa shape index (κ3) is 2.70. The Bertz CT molecular complexity index is 165. The second kappa shape index (κ2) is 4.17. The third-order valence-corrected chi connectivity index (χ3v) is 4.27. The summed E-state index contributed by atoms with van der Waals surface area (Å²) in [5.74, 6) is -0.382. The Hall–Kier alpha value is -0.180. The summed E-state index contributed by atoms with van der Waals surface area (Å²) in [6.45, 7) is 0.571. The van der Waals surface area contributed by atoms with Gasteiger partial charge < -0.3 is 4.74 Å². The number of esters is 1. The zero-order valence-electron chi connectivity index (χ0n) is 7.15. The zero-order valence-corrected chi connectivity index (χ0v) is 8.05. The highest BCUT2D eigenvalue weighted by molar-refractivity contribution is 7.66. The highest BCUT2D eigenvalue weighted by atomic mass is 31.2. The first-order valence-corrected chi connectivity index (χ1v) is 6.00. The molecule has 1 fully saturated rings. The summed E-state index contributed by atoms with van der Waals surface area (Å²) in [5.41, 5.74) is 0. The van der Waals surface area contributed by atoms with Crippen LogP contribution in [0.1, 0.15) is 12.8 Å². The lowest BCUT2D eigenvalue weighted by molar-refractivity contribution is -0.137. The topological polar surface area (TPSA) is 55.8 Å². The van der Waals surface area contributed by atoms with Crippen LogP contribution >= 0.6 is 7.72 Å². The first-order chi connectivity index (χ1) is 5.66. The van der Waals surface area contributed by atoms with E-state index in [1.165, 1.54) is 7.11 Å². The van der Waals surface area contributed by atoms with E-state index in [1.807, 2.05) is 0 Å². The molecule has 0 bridgehead atoms. The van der Waals surface area contributed by atoms with E-state index in [-0.39, 0.29) is 12.1 Å². The molecule has 1 saturated heterocycles. The third-order valence-electron chi connectivity index (χ3n) is 1.84. The van der Waals surface area contributed by atoms with E-state index in [0.29, 0.717) is 12.8 Å². The monoisotopic (exact) mass is 193 g/mol. The van der Waals surface area contributed by atoms with Gasteiger partial charge in [0.05, 0.1) is 13.7 Å². The number of methoxy groups -OCH3 is 1. The molecule has 1 rings (SSSR count). The lowest BCUT2D eigenvalue weighted by atomic mass is 10.4. The number of ether oxygens (including phenoxy) is 1. The highest BCUT2D eigenvalue weighted by Gasteiger charge is 2.42. The van der Waals surface area contributed by atoms with Gasteiger partial charge in [0.2, 0.25) is 6.16 Å². The highest BCUT2D eigenvalue weighted by Crippen LogP contribution is 2.58. The number of rotatable bonds is 2. The average Bonchev–Trinajstić information content (AvgIpc) is 2.05. The standard InChI is InChI=1S/C7H14O4P/c1-10-7(8)6-12(9)5-3-2-4-11-12/h9H,2-6H2,1H3/q+1. The van der Waals surface area contributed by atoms with Gasteiger partial charge in [-0.25, -0.2) is 14.2 Å². The maximum absolute atomic E-state index is 10.9. The van der Waals surface area contributed by atoms with E-state index >= 15 is 0 Å². The van der Waals surface area contributed by atoms with Crippen molar-refractivity contribution in [3.05, 3.63) is 0 Å². The second-order valence-corrected chi connectivity index (χ2v) is 5.56. The van der Waals surface area contributed by atoms with Crippen LogP contribution in [-0.2, 0) is 14.1 Å². The van der Waals surface area contributed by atoms with Gasteiger partial charge in [0, 0.05) is 0 Å². The fraction of sp³-hybridized carbons (Fsp3) is 0.857. The molecule has 70 valence electrons. The van der Waals surface area contributed by atoms with E-state index in [4.69, 9.17) is 4.52 Å². The van der Waals surface area contributed by atoms with Crippen molar-refractivity contribution in [3.8, 4) is 0 Å². The largest absolute Gasteiger partial charge is 0.466 e. The summed E-state index contributed by atoms with van der Waals surface area (Å²) in [5, 5.41) is 0. The van der Waals surface area contributed by atoms with Crippen LogP contribution in [0.15, 0.2) is 0 Å². The molecule has 5 heteroatoms. The van der Waals surface area contributed by atoms with Crippen LogP contribution in [0.3, 0.4) is 0 Å². The Labute approximate surface area is 72.4 Å². The Morgan fingerprint density at radius 1 is 1.67 bits per heavy atom. The predicted octanol–water partition coefficient (Wildman–Crippen LogP) is 0.810. The van der Waals surface area contributed by atoms with Crippen LogP contribution < -0.4 is 0 Å². The fourth-order valence-electron chi connectivity index (χ4n) is 1.15. The van der Waals surface area contributed by atoms with Crippen molar-refractivity contribution in [1.29, 1.82) is 0 Å². The summed E-state index contributed by atoms with van der Waals surface area (Å²) in [7, 11) is -1.09. The molecular weight excluding hydrogens is 179 g/mol. The predicted molar refractivity (Wildman–Crippen MR) is 46.1 cm³/mol. The molecule has 1 unspecified atom stereocenters. The maximum atomic E-state index is 10.9. The zero-order chi connectivity index (χ0) is 9.03. The molecule has 1 heterocycles. The molecule has 1 aliphatic heterocycles. The average molecular weight is 193 g/mol. The summed E-state index contributed by atoms with van der Waals surface area (Å²) in [4.78, 5) is 20.6. The molecule has 1 aliphatic rings. The van der Waals surface area contributed by atoms with Gasteiger partial charge in [0.15, 0.2) is 0 Å². The molecule has 4 nitrogen and oxygen atoms in total. The van der Waals surface area contributed by atoms with Gasteiger partial charge in [0.1, 0.15) is 6.16 Å². The molecule has 0 aromatic rings. The van der Waals surface area contributed by atoms with Crippen molar-refractivity contribution in [2.24, 2.45) is 0 Å². The molecule has 0 saturated carbocycles. The Morgan fingerprint density at radius 2 is 2.42 bits per heavy atom. The number of hydrogen-bond acceptors (Lipinski definition) is 4. The Kier molecular flexibility index (Phi) is 3.44.